The van der Waals surface area contributed by atoms with Crippen LogP contribution in [0.5, 0.6) is 5.75 Å². The number of sulfonamides is 1. The van der Waals surface area contributed by atoms with Gasteiger partial charge in [-0.2, -0.15) is 11.3 Å². The lowest BCUT2D eigenvalue weighted by Crippen LogP contribution is -2.34. The zero-order chi connectivity index (χ0) is 17.0. The highest BCUT2D eigenvalue weighted by molar-refractivity contribution is 7.89. The summed E-state index contributed by atoms with van der Waals surface area (Å²) in [6.07, 6.45) is 0. The Morgan fingerprint density at radius 2 is 2.09 bits per heavy atom. The van der Waals surface area contributed by atoms with Crippen LogP contribution in [0.3, 0.4) is 0 Å². The SMILES string of the molecule is COc1ccc(S(=O)(=O)NCC(c2ccsc2)N(C)C)c(Cl)c1. The van der Waals surface area contributed by atoms with Crippen molar-refractivity contribution in [1.29, 1.82) is 0 Å². The third-order valence-electron chi connectivity index (χ3n) is 3.45. The first kappa shape index (κ1) is 18.2. The molecule has 0 bridgehead atoms. The van der Waals surface area contributed by atoms with E-state index >= 15 is 0 Å². The number of nitrogens with zero attached hydrogens (tertiary/aromatic N) is 1. The largest absolute Gasteiger partial charge is 0.497 e. The van der Waals surface area contributed by atoms with Gasteiger partial charge in [0.15, 0.2) is 0 Å². The maximum Gasteiger partial charge on any atom is 0.242 e. The van der Waals surface area contributed by atoms with E-state index in [0.717, 1.165) is 5.56 Å². The molecule has 23 heavy (non-hydrogen) atoms. The average Bonchev–Trinajstić information content (AvgIpc) is 3.00. The van der Waals surface area contributed by atoms with E-state index in [2.05, 4.69) is 4.72 Å². The van der Waals surface area contributed by atoms with Crippen molar-refractivity contribution in [3.05, 3.63) is 45.6 Å². The Morgan fingerprint density at radius 3 is 2.61 bits per heavy atom. The van der Waals surface area contributed by atoms with Crippen LogP contribution in [0.15, 0.2) is 39.9 Å². The number of benzene rings is 1. The lowest BCUT2D eigenvalue weighted by atomic mass is 10.1. The van der Waals surface area contributed by atoms with Gasteiger partial charge < -0.3 is 9.64 Å². The predicted octanol–water partition coefficient (Wildman–Crippen LogP) is 2.99. The van der Waals surface area contributed by atoms with Crippen LogP contribution < -0.4 is 9.46 Å². The summed E-state index contributed by atoms with van der Waals surface area (Å²) < 4.78 is 32.7. The molecule has 1 atom stereocenters. The van der Waals surface area contributed by atoms with Crippen molar-refractivity contribution in [2.75, 3.05) is 27.7 Å². The first-order valence-corrected chi connectivity index (χ1v) is 9.67. The molecule has 0 aliphatic heterocycles. The zero-order valence-electron chi connectivity index (χ0n) is 13.1. The fourth-order valence-corrected chi connectivity index (χ4v) is 4.43. The molecule has 1 N–H and O–H groups in total. The molecule has 2 aromatic rings. The highest BCUT2D eigenvalue weighted by Gasteiger charge is 2.22. The molecule has 0 amide bonds. The fraction of sp³-hybridized carbons (Fsp3) is 0.333. The smallest absolute Gasteiger partial charge is 0.242 e. The number of thiophene rings is 1. The van der Waals surface area contributed by atoms with Gasteiger partial charge in [-0.3, -0.25) is 0 Å². The van der Waals surface area contributed by atoms with Crippen molar-refractivity contribution >= 4 is 33.0 Å². The van der Waals surface area contributed by atoms with Crippen molar-refractivity contribution in [3.63, 3.8) is 0 Å². The second-order valence-electron chi connectivity index (χ2n) is 5.18. The Hall–Kier alpha value is -1.12. The van der Waals surface area contributed by atoms with Gasteiger partial charge in [-0.25, -0.2) is 13.1 Å². The van der Waals surface area contributed by atoms with Crippen molar-refractivity contribution in [2.24, 2.45) is 0 Å². The van der Waals surface area contributed by atoms with Gasteiger partial charge >= 0.3 is 0 Å². The Kier molecular flexibility index (Phi) is 6.05. The Labute approximate surface area is 145 Å². The van der Waals surface area contributed by atoms with Crippen LogP contribution in [-0.4, -0.2) is 41.1 Å². The fourth-order valence-electron chi connectivity index (χ4n) is 2.16. The Morgan fingerprint density at radius 1 is 1.35 bits per heavy atom. The second kappa shape index (κ2) is 7.63. The van der Waals surface area contributed by atoms with E-state index in [1.807, 2.05) is 35.8 Å². The maximum absolute atomic E-state index is 12.5. The predicted molar refractivity (Wildman–Crippen MR) is 93.9 cm³/mol. The Bertz CT molecular complexity index is 746. The first-order chi connectivity index (χ1) is 10.8. The number of halogens is 1. The standard InChI is InChI=1S/C15H19ClN2O3S2/c1-18(2)14(11-6-7-22-10-11)9-17-23(19,20)15-5-4-12(21-3)8-13(15)16/h4-8,10,14,17H,9H2,1-3H3. The van der Waals surface area contributed by atoms with Crippen molar-refractivity contribution in [1.82, 2.24) is 9.62 Å². The summed E-state index contributed by atoms with van der Waals surface area (Å²) in [7, 11) is 1.63. The number of nitrogens with one attached hydrogen (secondary N) is 1. The summed E-state index contributed by atoms with van der Waals surface area (Å²) in [5.41, 5.74) is 1.07. The molecule has 5 nitrogen and oxygen atoms in total. The molecule has 126 valence electrons. The van der Waals surface area contributed by atoms with E-state index in [1.54, 1.807) is 17.4 Å². The number of hydrogen-bond acceptors (Lipinski definition) is 5. The monoisotopic (exact) mass is 374 g/mol. The molecule has 8 heteroatoms. The molecule has 1 aromatic carbocycles. The third-order valence-corrected chi connectivity index (χ3v) is 6.05. The molecule has 0 fully saturated rings. The number of hydrogen-bond donors (Lipinski definition) is 1. The summed E-state index contributed by atoms with van der Waals surface area (Å²) in [4.78, 5) is 2.02. The van der Waals surface area contributed by atoms with Crippen LogP contribution in [0.1, 0.15) is 11.6 Å². The van der Waals surface area contributed by atoms with E-state index in [9.17, 15) is 8.42 Å². The summed E-state index contributed by atoms with van der Waals surface area (Å²) in [6.45, 7) is 0.258. The number of rotatable bonds is 7. The summed E-state index contributed by atoms with van der Waals surface area (Å²) in [5.74, 6) is 0.512. The van der Waals surface area contributed by atoms with E-state index in [1.165, 1.54) is 19.2 Å². The van der Waals surface area contributed by atoms with Gasteiger partial charge in [0, 0.05) is 18.7 Å². The molecule has 1 heterocycles. The van der Waals surface area contributed by atoms with Crippen LogP contribution in [0, 0.1) is 0 Å². The highest BCUT2D eigenvalue weighted by Crippen LogP contribution is 2.27. The van der Waals surface area contributed by atoms with Crippen LogP contribution in [0.2, 0.25) is 5.02 Å². The topological polar surface area (TPSA) is 58.6 Å². The lowest BCUT2D eigenvalue weighted by molar-refractivity contribution is 0.300. The number of ether oxygens (including phenoxy) is 1. The van der Waals surface area contributed by atoms with Gasteiger partial charge in [0.25, 0.3) is 0 Å². The van der Waals surface area contributed by atoms with E-state index in [-0.39, 0.29) is 22.5 Å². The Balaban J connectivity index is 2.18. The van der Waals surface area contributed by atoms with Gasteiger partial charge in [-0.1, -0.05) is 11.6 Å². The molecular formula is C15H19ClN2O3S2. The second-order valence-corrected chi connectivity index (χ2v) is 8.11. The minimum Gasteiger partial charge on any atom is -0.497 e. The lowest BCUT2D eigenvalue weighted by Gasteiger charge is -2.24. The average molecular weight is 375 g/mol. The molecular weight excluding hydrogens is 356 g/mol. The highest BCUT2D eigenvalue weighted by atomic mass is 35.5. The van der Waals surface area contributed by atoms with Crippen molar-refractivity contribution in [2.45, 2.75) is 10.9 Å². The van der Waals surface area contributed by atoms with Crippen LogP contribution in [0.25, 0.3) is 0 Å². The minimum atomic E-state index is -3.70. The van der Waals surface area contributed by atoms with Crippen molar-refractivity contribution < 1.29 is 13.2 Å². The molecule has 0 aliphatic rings. The quantitative estimate of drug-likeness (QED) is 0.809. The third kappa shape index (κ3) is 4.45. The minimum absolute atomic E-state index is 0.0443. The van der Waals surface area contributed by atoms with Crippen LogP contribution in [-0.2, 0) is 10.0 Å². The summed E-state index contributed by atoms with van der Waals surface area (Å²) in [5, 5.41) is 4.12. The summed E-state index contributed by atoms with van der Waals surface area (Å²) >= 11 is 7.64. The zero-order valence-corrected chi connectivity index (χ0v) is 15.5. The van der Waals surface area contributed by atoms with Gasteiger partial charge in [-0.05, 0) is 48.6 Å². The molecule has 0 radical (unpaired) electrons. The molecule has 1 unspecified atom stereocenters. The normalized spacial score (nSPS) is 13.3. The number of methoxy groups -OCH3 is 1. The van der Waals surface area contributed by atoms with Gasteiger partial charge in [0.1, 0.15) is 10.6 Å². The van der Waals surface area contributed by atoms with Gasteiger partial charge in [-0.15, -0.1) is 0 Å². The molecule has 0 aliphatic carbocycles. The first-order valence-electron chi connectivity index (χ1n) is 6.87. The van der Waals surface area contributed by atoms with Gasteiger partial charge in [0.05, 0.1) is 12.1 Å². The summed E-state index contributed by atoms with van der Waals surface area (Å²) in [6, 6.07) is 6.44. The molecule has 2 rings (SSSR count). The molecule has 1 aromatic heterocycles. The van der Waals surface area contributed by atoms with E-state index in [0.29, 0.717) is 5.75 Å². The van der Waals surface area contributed by atoms with Crippen LogP contribution >= 0.6 is 22.9 Å². The van der Waals surface area contributed by atoms with Crippen LogP contribution in [0.4, 0.5) is 0 Å². The number of likely N-dealkylation sites (N-methyl/N-ethyl adjacent to an activating group) is 1. The van der Waals surface area contributed by atoms with Gasteiger partial charge in [0.2, 0.25) is 10.0 Å². The van der Waals surface area contributed by atoms with E-state index in [4.69, 9.17) is 16.3 Å². The maximum atomic E-state index is 12.5. The van der Waals surface area contributed by atoms with Crippen molar-refractivity contribution in [3.8, 4) is 5.75 Å². The van der Waals surface area contributed by atoms with E-state index < -0.39 is 10.0 Å². The molecule has 0 saturated carbocycles. The molecule has 0 saturated heterocycles. The molecule has 0 spiro atoms.